The number of phenols is 1. The highest BCUT2D eigenvalue weighted by atomic mass is 16.3. The summed E-state index contributed by atoms with van der Waals surface area (Å²) in [5.74, 6) is 0.445. The summed E-state index contributed by atoms with van der Waals surface area (Å²) < 4.78 is 0. The molecule has 30 heavy (non-hydrogen) atoms. The van der Waals surface area contributed by atoms with Gasteiger partial charge in [0.15, 0.2) is 0 Å². The molecular weight excluding hydrogens is 374 g/mol. The maximum absolute atomic E-state index is 13.0. The van der Waals surface area contributed by atoms with Crippen LogP contribution >= 0.6 is 0 Å². The van der Waals surface area contributed by atoms with Gasteiger partial charge in [-0.15, -0.1) is 0 Å². The fourth-order valence-electron chi connectivity index (χ4n) is 5.13. The minimum Gasteiger partial charge on any atom is -0.508 e. The van der Waals surface area contributed by atoms with Crippen molar-refractivity contribution in [3.63, 3.8) is 0 Å². The van der Waals surface area contributed by atoms with Gasteiger partial charge < -0.3 is 14.9 Å². The third-order valence-corrected chi connectivity index (χ3v) is 6.96. The molecule has 0 bridgehead atoms. The Morgan fingerprint density at radius 1 is 1.03 bits per heavy atom. The molecule has 2 aromatic rings. The van der Waals surface area contributed by atoms with Gasteiger partial charge in [0.1, 0.15) is 5.75 Å². The minimum atomic E-state index is 0.136. The lowest BCUT2D eigenvalue weighted by Crippen LogP contribution is -2.64. The summed E-state index contributed by atoms with van der Waals surface area (Å²) in [7, 11) is 4.01. The van der Waals surface area contributed by atoms with Crippen LogP contribution in [0.15, 0.2) is 48.5 Å². The van der Waals surface area contributed by atoms with Crippen molar-refractivity contribution < 1.29 is 9.90 Å². The molecule has 2 heterocycles. The summed E-state index contributed by atoms with van der Waals surface area (Å²) in [5, 5.41) is 9.70. The lowest BCUT2D eigenvalue weighted by Gasteiger charge is -2.62. The van der Waals surface area contributed by atoms with Crippen LogP contribution in [0.4, 0.5) is 5.69 Å². The molecule has 2 aliphatic rings. The summed E-state index contributed by atoms with van der Waals surface area (Å²) in [6.45, 7) is 7.17. The Hall–Kier alpha value is -2.53. The quantitative estimate of drug-likeness (QED) is 0.827. The molecule has 160 valence electrons. The Morgan fingerprint density at radius 3 is 2.17 bits per heavy atom. The Bertz CT molecular complexity index is 882. The van der Waals surface area contributed by atoms with E-state index in [2.05, 4.69) is 30.9 Å². The molecule has 4 rings (SSSR count). The highest BCUT2D eigenvalue weighted by Gasteiger charge is 2.54. The van der Waals surface area contributed by atoms with Crippen LogP contribution in [0.3, 0.4) is 0 Å². The standard InChI is InChI=1S/C25H33N3O2/c1-18(2)28-17-25(23(28)19-7-11-22(29)12-8-19)13-15-27(16-14-25)24(30)20-5-9-21(10-6-20)26(3)4/h5-12,18,23,29H,13-17H2,1-4H3. The van der Waals surface area contributed by atoms with Gasteiger partial charge in [0.2, 0.25) is 0 Å². The second-order valence-electron chi connectivity index (χ2n) is 9.36. The zero-order chi connectivity index (χ0) is 21.5. The summed E-state index contributed by atoms with van der Waals surface area (Å²) in [6, 6.07) is 16.4. The predicted octanol–water partition coefficient (Wildman–Crippen LogP) is 4.15. The van der Waals surface area contributed by atoms with Gasteiger partial charge >= 0.3 is 0 Å². The van der Waals surface area contributed by atoms with Crippen LogP contribution in [-0.4, -0.2) is 60.6 Å². The number of piperidine rings is 1. The molecule has 5 nitrogen and oxygen atoms in total. The number of carbonyl (C=O) groups excluding carboxylic acids is 1. The number of carbonyl (C=O) groups is 1. The third kappa shape index (κ3) is 3.67. The van der Waals surface area contributed by atoms with Crippen molar-refractivity contribution in [3.05, 3.63) is 59.7 Å². The van der Waals surface area contributed by atoms with E-state index in [9.17, 15) is 9.90 Å². The van der Waals surface area contributed by atoms with Gasteiger partial charge in [-0.25, -0.2) is 0 Å². The number of likely N-dealkylation sites (tertiary alicyclic amines) is 2. The molecule has 0 aromatic heterocycles. The number of aromatic hydroxyl groups is 1. The van der Waals surface area contributed by atoms with Crippen molar-refractivity contribution in [1.29, 1.82) is 0 Å². The van der Waals surface area contributed by atoms with Gasteiger partial charge in [0, 0.05) is 62.5 Å². The molecule has 2 aliphatic heterocycles. The average molecular weight is 408 g/mol. The Labute approximate surface area is 179 Å². The van der Waals surface area contributed by atoms with Gasteiger partial charge in [-0.2, -0.15) is 0 Å². The van der Waals surface area contributed by atoms with Crippen molar-refractivity contribution in [2.24, 2.45) is 5.41 Å². The third-order valence-electron chi connectivity index (χ3n) is 6.96. The summed E-state index contributed by atoms with van der Waals surface area (Å²) in [6.07, 6.45) is 2.03. The molecule has 1 amide bonds. The monoisotopic (exact) mass is 407 g/mol. The molecular formula is C25H33N3O2. The van der Waals surface area contributed by atoms with E-state index in [4.69, 9.17) is 0 Å². The van der Waals surface area contributed by atoms with Gasteiger partial charge in [-0.1, -0.05) is 12.1 Å². The first-order valence-corrected chi connectivity index (χ1v) is 10.9. The Morgan fingerprint density at radius 2 is 1.63 bits per heavy atom. The van der Waals surface area contributed by atoms with Crippen LogP contribution in [-0.2, 0) is 0 Å². The molecule has 5 heteroatoms. The topological polar surface area (TPSA) is 47.0 Å². The summed E-state index contributed by atoms with van der Waals surface area (Å²) >= 11 is 0. The van der Waals surface area contributed by atoms with E-state index in [0.717, 1.165) is 43.7 Å². The Balaban J connectivity index is 1.47. The summed E-state index contributed by atoms with van der Waals surface area (Å²) in [5.41, 5.74) is 3.35. The lowest BCUT2D eigenvalue weighted by molar-refractivity contribution is -0.124. The maximum atomic E-state index is 13.0. The molecule has 0 aliphatic carbocycles. The number of hydrogen-bond donors (Lipinski definition) is 1. The van der Waals surface area contributed by atoms with Crippen LogP contribution in [0.25, 0.3) is 0 Å². The molecule has 2 saturated heterocycles. The highest BCUT2D eigenvalue weighted by Crippen LogP contribution is 2.55. The second-order valence-corrected chi connectivity index (χ2v) is 9.36. The van der Waals surface area contributed by atoms with Gasteiger partial charge in [-0.3, -0.25) is 9.69 Å². The highest BCUT2D eigenvalue weighted by molar-refractivity contribution is 5.94. The molecule has 1 unspecified atom stereocenters. The number of phenolic OH excluding ortho intramolecular Hbond substituents is 1. The molecule has 0 saturated carbocycles. The normalized spacial score (nSPS) is 21.0. The van der Waals surface area contributed by atoms with Gasteiger partial charge in [0.05, 0.1) is 0 Å². The second kappa shape index (κ2) is 7.95. The molecule has 1 N–H and O–H groups in total. The van der Waals surface area contributed by atoms with E-state index in [0.29, 0.717) is 17.8 Å². The smallest absolute Gasteiger partial charge is 0.253 e. The van der Waals surface area contributed by atoms with Crippen molar-refractivity contribution in [1.82, 2.24) is 9.80 Å². The lowest BCUT2D eigenvalue weighted by atomic mass is 9.62. The fraction of sp³-hybridized carbons (Fsp3) is 0.480. The number of anilines is 1. The molecule has 1 spiro atoms. The van der Waals surface area contributed by atoms with Crippen LogP contribution in [0.1, 0.15) is 48.7 Å². The Kier molecular flexibility index (Phi) is 5.49. The van der Waals surface area contributed by atoms with Crippen molar-refractivity contribution in [3.8, 4) is 5.75 Å². The van der Waals surface area contributed by atoms with E-state index in [-0.39, 0.29) is 11.3 Å². The number of amides is 1. The maximum Gasteiger partial charge on any atom is 0.253 e. The zero-order valence-corrected chi connectivity index (χ0v) is 18.5. The van der Waals surface area contributed by atoms with Gasteiger partial charge in [0.25, 0.3) is 5.91 Å². The number of rotatable bonds is 4. The van der Waals surface area contributed by atoms with Crippen molar-refractivity contribution >= 4 is 11.6 Å². The van der Waals surface area contributed by atoms with E-state index in [1.54, 1.807) is 12.1 Å². The van der Waals surface area contributed by atoms with Crippen LogP contribution in [0.2, 0.25) is 0 Å². The van der Waals surface area contributed by atoms with Crippen LogP contribution < -0.4 is 4.90 Å². The van der Waals surface area contributed by atoms with Crippen LogP contribution in [0, 0.1) is 5.41 Å². The molecule has 2 aromatic carbocycles. The zero-order valence-electron chi connectivity index (χ0n) is 18.5. The largest absolute Gasteiger partial charge is 0.508 e. The van der Waals surface area contributed by atoms with Crippen molar-refractivity contribution in [2.75, 3.05) is 38.6 Å². The number of benzene rings is 2. The van der Waals surface area contributed by atoms with E-state index >= 15 is 0 Å². The molecule has 0 radical (unpaired) electrons. The first-order valence-electron chi connectivity index (χ1n) is 10.9. The van der Waals surface area contributed by atoms with E-state index < -0.39 is 0 Å². The first-order chi connectivity index (χ1) is 14.3. The number of nitrogens with zero attached hydrogens (tertiary/aromatic N) is 3. The predicted molar refractivity (Wildman–Crippen MR) is 121 cm³/mol. The number of hydrogen-bond acceptors (Lipinski definition) is 4. The molecule has 1 atom stereocenters. The first kappa shape index (κ1) is 20.7. The molecule has 2 fully saturated rings. The SMILES string of the molecule is CC(C)N1CC2(CCN(C(=O)c3ccc(N(C)C)cc3)CC2)C1c1ccc(O)cc1. The van der Waals surface area contributed by atoms with Crippen molar-refractivity contribution in [2.45, 2.75) is 38.8 Å². The van der Waals surface area contributed by atoms with Crippen LogP contribution in [0.5, 0.6) is 5.75 Å². The van der Waals surface area contributed by atoms with E-state index in [1.807, 2.05) is 48.2 Å². The average Bonchev–Trinajstić information content (AvgIpc) is 2.73. The van der Waals surface area contributed by atoms with E-state index in [1.165, 1.54) is 5.56 Å². The van der Waals surface area contributed by atoms with Gasteiger partial charge in [-0.05, 0) is 68.7 Å². The minimum absolute atomic E-state index is 0.136. The summed E-state index contributed by atoms with van der Waals surface area (Å²) in [4.78, 5) is 19.6. The fourth-order valence-corrected chi connectivity index (χ4v) is 5.13.